The molecule has 0 aromatic rings. The van der Waals surface area contributed by atoms with Crippen molar-refractivity contribution in [3.05, 3.63) is 17.9 Å². The second kappa shape index (κ2) is 5.09. The molecule has 2 saturated heterocycles. The molecule has 2 radical (unpaired) electrons. The van der Waals surface area contributed by atoms with Gasteiger partial charge >= 0.3 is 6.08 Å². The first-order chi connectivity index (χ1) is 8.53. The van der Waals surface area contributed by atoms with E-state index < -0.39 is 36.4 Å². The SMILES string of the molecule is [B]C1OC(CO)C2OC(OC)OC12C=C=C(F)F. The van der Waals surface area contributed by atoms with Gasteiger partial charge in [-0.25, -0.2) is 0 Å². The minimum absolute atomic E-state index is 0.379. The summed E-state index contributed by atoms with van der Waals surface area (Å²) in [6, 6.07) is -1.06. The zero-order valence-electron chi connectivity index (χ0n) is 9.51. The van der Waals surface area contributed by atoms with Gasteiger partial charge in [0.1, 0.15) is 25.7 Å². The molecule has 0 aromatic heterocycles. The lowest BCUT2D eigenvalue weighted by molar-refractivity contribution is -0.254. The number of aliphatic hydroxyl groups excluding tert-OH is 1. The first-order valence-electron chi connectivity index (χ1n) is 5.20. The van der Waals surface area contributed by atoms with Crippen LogP contribution in [0.4, 0.5) is 8.78 Å². The summed E-state index contributed by atoms with van der Waals surface area (Å²) in [5.41, 5.74) is 0.279. The van der Waals surface area contributed by atoms with Crippen LogP contribution in [0.5, 0.6) is 0 Å². The van der Waals surface area contributed by atoms with Gasteiger partial charge in [0.25, 0.3) is 6.48 Å². The first kappa shape index (κ1) is 13.7. The van der Waals surface area contributed by atoms with Gasteiger partial charge in [-0.3, -0.25) is 0 Å². The van der Waals surface area contributed by atoms with E-state index in [4.69, 9.17) is 31.9 Å². The Labute approximate surface area is 103 Å². The number of methoxy groups -OCH3 is 1. The Kier molecular flexibility index (Phi) is 3.86. The molecule has 2 aliphatic heterocycles. The van der Waals surface area contributed by atoms with E-state index in [1.807, 2.05) is 0 Å². The summed E-state index contributed by atoms with van der Waals surface area (Å²) in [5, 5.41) is 9.14. The highest BCUT2D eigenvalue weighted by molar-refractivity contribution is 6.12. The van der Waals surface area contributed by atoms with Gasteiger partial charge in [0.15, 0.2) is 0 Å². The summed E-state index contributed by atoms with van der Waals surface area (Å²) in [6.45, 7) is -1.44. The summed E-state index contributed by atoms with van der Waals surface area (Å²) in [5.74, 6) is 0. The number of halogens is 2. The molecular formula is C10H11BF2O5. The number of hydrogen-bond donors (Lipinski definition) is 1. The highest BCUT2D eigenvalue weighted by atomic mass is 19.3. The normalized spacial score (nSPS) is 42.4. The van der Waals surface area contributed by atoms with E-state index in [2.05, 4.69) is 0 Å². The fourth-order valence-electron chi connectivity index (χ4n) is 2.07. The van der Waals surface area contributed by atoms with Crippen LogP contribution < -0.4 is 0 Å². The summed E-state index contributed by atoms with van der Waals surface area (Å²) >= 11 is 0. The van der Waals surface area contributed by atoms with Gasteiger partial charge in [-0.2, -0.15) is 8.78 Å². The molecule has 18 heavy (non-hydrogen) atoms. The van der Waals surface area contributed by atoms with Crippen molar-refractivity contribution in [1.82, 2.24) is 0 Å². The monoisotopic (exact) mass is 260 g/mol. The maximum absolute atomic E-state index is 12.1. The van der Waals surface area contributed by atoms with Gasteiger partial charge in [0, 0.05) is 7.11 Å². The van der Waals surface area contributed by atoms with Crippen molar-refractivity contribution in [2.75, 3.05) is 13.7 Å². The molecule has 2 aliphatic rings. The highest BCUT2D eigenvalue weighted by Gasteiger charge is 2.61. The number of rotatable bonds is 3. The smallest absolute Gasteiger partial charge is 0.312 e. The molecule has 98 valence electrons. The van der Waals surface area contributed by atoms with E-state index in [1.54, 1.807) is 5.73 Å². The van der Waals surface area contributed by atoms with Crippen molar-refractivity contribution < 1.29 is 32.8 Å². The van der Waals surface area contributed by atoms with E-state index in [0.29, 0.717) is 0 Å². The highest BCUT2D eigenvalue weighted by Crippen LogP contribution is 2.43. The summed E-state index contributed by atoms with van der Waals surface area (Å²) in [4.78, 5) is 0. The van der Waals surface area contributed by atoms with E-state index in [0.717, 1.165) is 6.08 Å². The van der Waals surface area contributed by atoms with Crippen LogP contribution in [0.15, 0.2) is 17.9 Å². The third-order valence-corrected chi connectivity index (χ3v) is 2.89. The van der Waals surface area contributed by atoms with Gasteiger partial charge < -0.3 is 24.1 Å². The molecule has 5 unspecified atom stereocenters. The Morgan fingerprint density at radius 1 is 1.56 bits per heavy atom. The molecule has 0 saturated carbocycles. The van der Waals surface area contributed by atoms with Gasteiger partial charge in [-0.05, 0) is 6.08 Å². The lowest BCUT2D eigenvalue weighted by Gasteiger charge is -2.25. The second-order valence-corrected chi connectivity index (χ2v) is 3.88. The van der Waals surface area contributed by atoms with Crippen LogP contribution in [-0.2, 0) is 18.9 Å². The Morgan fingerprint density at radius 3 is 2.83 bits per heavy atom. The minimum Gasteiger partial charge on any atom is -0.394 e. The van der Waals surface area contributed by atoms with Gasteiger partial charge in [0.2, 0.25) is 0 Å². The molecule has 2 rings (SSSR count). The molecule has 8 heteroatoms. The second-order valence-electron chi connectivity index (χ2n) is 3.88. The maximum Gasteiger partial charge on any atom is 0.312 e. The summed E-state index contributed by atoms with van der Waals surface area (Å²) in [7, 11) is 7.03. The lowest BCUT2D eigenvalue weighted by atomic mass is 9.80. The number of aliphatic hydroxyl groups is 1. The molecule has 1 N–H and O–H groups in total. The molecular weight excluding hydrogens is 249 g/mol. The predicted molar refractivity (Wildman–Crippen MR) is 54.8 cm³/mol. The molecule has 5 atom stereocenters. The fraction of sp³-hybridized carbons (Fsp3) is 0.700. The van der Waals surface area contributed by atoms with Crippen molar-refractivity contribution in [3.8, 4) is 0 Å². The molecule has 2 heterocycles. The topological polar surface area (TPSA) is 57.2 Å². The van der Waals surface area contributed by atoms with Crippen LogP contribution in [0.1, 0.15) is 0 Å². The van der Waals surface area contributed by atoms with Crippen molar-refractivity contribution in [2.24, 2.45) is 0 Å². The fourth-order valence-corrected chi connectivity index (χ4v) is 2.07. The summed E-state index contributed by atoms with van der Waals surface area (Å²) < 4.78 is 45.0. The maximum atomic E-state index is 12.1. The van der Waals surface area contributed by atoms with Gasteiger partial charge in [0.05, 0.1) is 12.6 Å². The largest absolute Gasteiger partial charge is 0.394 e. The zero-order chi connectivity index (χ0) is 13.3. The lowest BCUT2D eigenvalue weighted by Crippen LogP contribution is -2.45. The average Bonchev–Trinajstić information content (AvgIpc) is 2.83. The van der Waals surface area contributed by atoms with Crippen molar-refractivity contribution in [2.45, 2.75) is 30.3 Å². The zero-order valence-corrected chi connectivity index (χ0v) is 9.51. The quantitative estimate of drug-likeness (QED) is 0.567. The number of ether oxygens (including phenoxy) is 4. The molecule has 2 fully saturated rings. The van der Waals surface area contributed by atoms with E-state index >= 15 is 0 Å². The van der Waals surface area contributed by atoms with Crippen LogP contribution >= 0.6 is 0 Å². The van der Waals surface area contributed by atoms with Gasteiger partial charge in [-0.1, -0.05) is 5.73 Å². The van der Waals surface area contributed by atoms with Crippen LogP contribution in [0.3, 0.4) is 0 Å². The summed E-state index contributed by atoms with van der Waals surface area (Å²) in [6.07, 6.45) is -2.69. The van der Waals surface area contributed by atoms with Crippen molar-refractivity contribution in [3.63, 3.8) is 0 Å². The van der Waals surface area contributed by atoms with Crippen LogP contribution in [-0.4, -0.2) is 57.0 Å². The van der Waals surface area contributed by atoms with Crippen LogP contribution in [0.25, 0.3) is 0 Å². The van der Waals surface area contributed by atoms with Crippen molar-refractivity contribution >= 4 is 7.85 Å². The van der Waals surface area contributed by atoms with Crippen LogP contribution in [0, 0.1) is 0 Å². The Bertz CT molecular complexity index is 382. The third kappa shape index (κ3) is 2.11. The van der Waals surface area contributed by atoms with E-state index in [9.17, 15) is 8.78 Å². The molecule has 5 nitrogen and oxygen atoms in total. The van der Waals surface area contributed by atoms with Crippen LogP contribution in [0.2, 0.25) is 0 Å². The van der Waals surface area contributed by atoms with Crippen molar-refractivity contribution in [1.29, 1.82) is 0 Å². The average molecular weight is 260 g/mol. The van der Waals surface area contributed by atoms with E-state index in [1.165, 1.54) is 7.11 Å². The Hall–Kier alpha value is -0.755. The molecule has 0 bridgehead atoms. The number of fused-ring (bicyclic) bond motifs is 1. The Morgan fingerprint density at radius 2 is 2.28 bits per heavy atom. The van der Waals surface area contributed by atoms with E-state index in [-0.39, 0.29) is 6.61 Å². The number of hydrogen-bond acceptors (Lipinski definition) is 5. The molecule has 0 aliphatic carbocycles. The third-order valence-electron chi connectivity index (χ3n) is 2.89. The van der Waals surface area contributed by atoms with Gasteiger partial charge in [-0.15, -0.1) is 0 Å². The molecule has 0 amide bonds. The molecule has 0 spiro atoms. The predicted octanol–water partition coefficient (Wildman–Crippen LogP) is -0.108. The standard InChI is InChI=1S/C10H11BF2O5/c1-15-9-17-7-5(4-14)16-8(11)10(7,18-9)3-2-6(12)13/h3,5,7-9,14H,4H2,1H3. The molecule has 0 aromatic carbocycles. The Balaban J connectivity index is 2.36. The minimum atomic E-state index is -2.02. The first-order valence-corrected chi connectivity index (χ1v) is 5.20.